The van der Waals surface area contributed by atoms with Crippen LogP contribution in [0.3, 0.4) is 0 Å². The molecule has 2 fully saturated rings. The Labute approximate surface area is 136 Å². The molecule has 2 heterocycles. The van der Waals surface area contributed by atoms with E-state index < -0.39 is 0 Å². The molecular weight excluding hydrogens is 286 g/mol. The van der Waals surface area contributed by atoms with E-state index >= 15 is 0 Å². The van der Waals surface area contributed by atoms with E-state index in [4.69, 9.17) is 0 Å². The van der Waals surface area contributed by atoms with Crippen LogP contribution in [0.5, 0.6) is 0 Å². The third-order valence-electron chi connectivity index (χ3n) is 6.06. The van der Waals surface area contributed by atoms with Crippen molar-refractivity contribution in [1.82, 2.24) is 4.90 Å². The number of nitrogens with zero attached hydrogens (tertiary/aromatic N) is 1. The summed E-state index contributed by atoms with van der Waals surface area (Å²) in [5.74, 6) is 1.84. The van der Waals surface area contributed by atoms with Gasteiger partial charge in [-0.05, 0) is 103 Å². The third kappa shape index (κ3) is 2.16. The summed E-state index contributed by atoms with van der Waals surface area (Å²) in [7, 11) is 0. The van der Waals surface area contributed by atoms with Crippen LogP contribution in [0.15, 0.2) is 35.2 Å². The normalized spacial score (nSPS) is 28.4. The lowest BCUT2D eigenvalue weighted by Gasteiger charge is -2.36. The molecule has 2 heteroatoms. The van der Waals surface area contributed by atoms with E-state index in [9.17, 15) is 0 Å². The molecular formula is C20H23NS. The van der Waals surface area contributed by atoms with Crippen LogP contribution in [0.2, 0.25) is 0 Å². The van der Waals surface area contributed by atoms with Gasteiger partial charge in [-0.2, -0.15) is 0 Å². The van der Waals surface area contributed by atoms with E-state index in [0.29, 0.717) is 0 Å². The Bertz CT molecular complexity index is 737. The number of fused-ring (bicyclic) bond motifs is 3. The maximum Gasteiger partial charge on any atom is 0.0343 e. The number of thiophene rings is 1. The maximum absolute atomic E-state index is 2.65. The van der Waals surface area contributed by atoms with Gasteiger partial charge in [0.25, 0.3) is 0 Å². The summed E-state index contributed by atoms with van der Waals surface area (Å²) in [5, 5.41) is 3.64. The van der Waals surface area contributed by atoms with Gasteiger partial charge in [-0.25, -0.2) is 0 Å². The first-order valence-electron chi connectivity index (χ1n) is 8.79. The Hall–Kier alpha value is -1.12. The van der Waals surface area contributed by atoms with Gasteiger partial charge < -0.3 is 0 Å². The minimum absolute atomic E-state index is 0.882. The number of likely N-dealkylation sites (tertiary alicyclic amines) is 1. The molecule has 1 saturated carbocycles. The highest BCUT2D eigenvalue weighted by atomic mass is 32.1. The highest BCUT2D eigenvalue weighted by molar-refractivity contribution is 7.17. The van der Waals surface area contributed by atoms with Crippen molar-refractivity contribution in [3.63, 3.8) is 0 Å². The predicted octanol–water partition coefficient (Wildman–Crippen LogP) is 5.18. The second kappa shape index (κ2) is 5.21. The smallest absolute Gasteiger partial charge is 0.0343 e. The summed E-state index contributed by atoms with van der Waals surface area (Å²) >= 11 is 1.86. The fourth-order valence-electron chi connectivity index (χ4n) is 4.71. The van der Waals surface area contributed by atoms with Crippen molar-refractivity contribution in [2.75, 3.05) is 19.6 Å². The Morgan fingerprint density at radius 3 is 2.95 bits per heavy atom. The summed E-state index contributed by atoms with van der Waals surface area (Å²) in [6, 6.07) is 9.44. The molecule has 2 unspecified atom stereocenters. The SMILES string of the molecule is c1cc2cc(C3=C(CN4CCC4)C4CCC(C3)C4)ccc2s1. The van der Waals surface area contributed by atoms with Crippen molar-refractivity contribution in [3.8, 4) is 0 Å². The first kappa shape index (κ1) is 13.3. The lowest BCUT2D eigenvalue weighted by Crippen LogP contribution is -2.39. The standard InChI is InChI=1S/C20H23NS/c1-7-21(8-1)13-19-15-3-2-14(10-15)11-18(19)16-4-5-20-17(12-16)6-9-22-20/h4-6,9,12,14-15H,1-3,7-8,10-11,13H2. The monoisotopic (exact) mass is 309 g/mol. The van der Waals surface area contributed by atoms with Crippen molar-refractivity contribution >= 4 is 27.0 Å². The van der Waals surface area contributed by atoms with Gasteiger partial charge in [0.2, 0.25) is 0 Å². The van der Waals surface area contributed by atoms with Crippen LogP contribution in [-0.4, -0.2) is 24.5 Å². The van der Waals surface area contributed by atoms with Crippen LogP contribution in [0.1, 0.15) is 37.7 Å². The fraction of sp³-hybridized carbons (Fsp3) is 0.500. The molecule has 3 aliphatic rings. The predicted molar refractivity (Wildman–Crippen MR) is 95.3 cm³/mol. The van der Waals surface area contributed by atoms with Gasteiger partial charge in [-0.15, -0.1) is 11.3 Å². The van der Waals surface area contributed by atoms with Crippen LogP contribution < -0.4 is 0 Å². The van der Waals surface area contributed by atoms with Gasteiger partial charge in [0.05, 0.1) is 0 Å². The van der Waals surface area contributed by atoms with Gasteiger partial charge in [-0.1, -0.05) is 6.07 Å². The Morgan fingerprint density at radius 1 is 1.14 bits per heavy atom. The Balaban J connectivity index is 1.58. The zero-order chi connectivity index (χ0) is 14.5. The molecule has 5 rings (SSSR count). The molecule has 1 saturated heterocycles. The minimum atomic E-state index is 0.882. The summed E-state index contributed by atoms with van der Waals surface area (Å²) in [6.07, 6.45) is 7.09. The zero-order valence-corrected chi connectivity index (χ0v) is 13.9. The van der Waals surface area contributed by atoms with Gasteiger partial charge in [0.15, 0.2) is 0 Å². The van der Waals surface area contributed by atoms with Crippen molar-refractivity contribution in [2.45, 2.75) is 32.1 Å². The van der Waals surface area contributed by atoms with E-state index in [0.717, 1.165) is 11.8 Å². The van der Waals surface area contributed by atoms with Crippen LogP contribution in [0, 0.1) is 11.8 Å². The number of hydrogen-bond donors (Lipinski definition) is 0. The molecule has 2 aliphatic carbocycles. The highest BCUT2D eigenvalue weighted by Crippen LogP contribution is 2.49. The van der Waals surface area contributed by atoms with E-state index in [1.807, 2.05) is 11.3 Å². The van der Waals surface area contributed by atoms with Crippen molar-refractivity contribution in [2.24, 2.45) is 11.8 Å². The number of rotatable bonds is 3. The maximum atomic E-state index is 2.65. The van der Waals surface area contributed by atoms with Crippen molar-refractivity contribution in [1.29, 1.82) is 0 Å². The topological polar surface area (TPSA) is 3.24 Å². The summed E-state index contributed by atoms with van der Waals surface area (Å²) in [6.45, 7) is 3.88. The molecule has 0 radical (unpaired) electrons. The number of allylic oxidation sites excluding steroid dienone is 1. The number of benzene rings is 1. The van der Waals surface area contributed by atoms with Crippen LogP contribution >= 0.6 is 11.3 Å². The second-order valence-corrected chi connectivity index (χ2v) is 8.33. The molecule has 1 nitrogen and oxygen atoms in total. The molecule has 2 atom stereocenters. The summed E-state index contributed by atoms with van der Waals surface area (Å²) < 4.78 is 1.42. The average molecular weight is 309 g/mol. The Morgan fingerprint density at radius 2 is 2.09 bits per heavy atom. The molecule has 2 aromatic rings. The third-order valence-corrected chi connectivity index (χ3v) is 6.96. The molecule has 114 valence electrons. The summed E-state index contributed by atoms with van der Waals surface area (Å²) in [4.78, 5) is 2.65. The number of hydrogen-bond acceptors (Lipinski definition) is 2. The zero-order valence-electron chi connectivity index (χ0n) is 13.1. The van der Waals surface area contributed by atoms with Crippen LogP contribution in [-0.2, 0) is 0 Å². The molecule has 0 spiro atoms. The average Bonchev–Trinajstić information content (AvgIpc) is 3.10. The molecule has 1 aromatic carbocycles. The summed E-state index contributed by atoms with van der Waals surface area (Å²) in [5.41, 5.74) is 5.01. The largest absolute Gasteiger partial charge is 0.299 e. The molecule has 1 aliphatic heterocycles. The fourth-order valence-corrected chi connectivity index (χ4v) is 5.48. The lowest BCUT2D eigenvalue weighted by molar-refractivity contribution is 0.192. The van der Waals surface area contributed by atoms with Crippen molar-refractivity contribution in [3.05, 3.63) is 40.8 Å². The van der Waals surface area contributed by atoms with E-state index in [1.165, 1.54) is 67.4 Å². The van der Waals surface area contributed by atoms with Gasteiger partial charge in [0.1, 0.15) is 0 Å². The Kier molecular flexibility index (Phi) is 3.16. The minimum Gasteiger partial charge on any atom is -0.299 e. The van der Waals surface area contributed by atoms with E-state index in [2.05, 4.69) is 34.5 Å². The van der Waals surface area contributed by atoms with Gasteiger partial charge >= 0.3 is 0 Å². The highest BCUT2D eigenvalue weighted by Gasteiger charge is 2.35. The van der Waals surface area contributed by atoms with E-state index in [1.54, 1.807) is 11.1 Å². The van der Waals surface area contributed by atoms with E-state index in [-0.39, 0.29) is 0 Å². The van der Waals surface area contributed by atoms with Crippen LogP contribution in [0.25, 0.3) is 15.7 Å². The molecule has 0 amide bonds. The molecule has 22 heavy (non-hydrogen) atoms. The molecule has 0 N–H and O–H groups in total. The lowest BCUT2D eigenvalue weighted by atomic mass is 9.79. The van der Waals surface area contributed by atoms with Gasteiger partial charge in [0, 0.05) is 11.2 Å². The molecule has 1 aromatic heterocycles. The van der Waals surface area contributed by atoms with Crippen LogP contribution in [0.4, 0.5) is 0 Å². The van der Waals surface area contributed by atoms with Gasteiger partial charge in [-0.3, -0.25) is 4.90 Å². The first-order valence-corrected chi connectivity index (χ1v) is 9.67. The first-order chi connectivity index (χ1) is 10.9. The quantitative estimate of drug-likeness (QED) is 0.755. The second-order valence-electron chi connectivity index (χ2n) is 7.39. The molecule has 2 bridgehead atoms. The van der Waals surface area contributed by atoms with Crippen molar-refractivity contribution < 1.29 is 0 Å².